The first-order valence-electron chi connectivity index (χ1n) is 9.38. The Labute approximate surface area is 203 Å². The molecule has 0 unspecified atom stereocenters. The number of aliphatic imine (C=N–C) groups is 1. The van der Waals surface area contributed by atoms with Gasteiger partial charge in [-0.1, -0.05) is 40.9 Å². The number of ether oxygens (including phenoxy) is 1. The molecule has 0 fully saturated rings. The lowest BCUT2D eigenvalue weighted by Crippen LogP contribution is -2.28. The Morgan fingerprint density at radius 3 is 2.55 bits per heavy atom. The topological polar surface area (TPSA) is 106 Å². The van der Waals surface area contributed by atoms with E-state index in [1.54, 1.807) is 36.4 Å². The second-order valence-electron chi connectivity index (χ2n) is 6.68. The number of halogens is 3. The lowest BCUT2D eigenvalue weighted by molar-refractivity contribution is -0.136. The predicted octanol–water partition coefficient (Wildman–Crippen LogP) is 4.88. The van der Waals surface area contributed by atoms with Crippen LogP contribution in [0.15, 0.2) is 59.6 Å². The zero-order valence-electron chi connectivity index (χ0n) is 16.9. The number of rotatable bonds is 4. The number of carbonyl (C=O) groups excluding carboxylic acids is 2. The molecule has 0 atom stereocenters. The average molecular weight is 503 g/mol. The number of hydrogen-bond acceptors (Lipinski definition) is 7. The summed E-state index contributed by atoms with van der Waals surface area (Å²) in [5.41, 5.74) is 2.23. The van der Waals surface area contributed by atoms with E-state index in [9.17, 15) is 9.59 Å². The van der Waals surface area contributed by atoms with Gasteiger partial charge in [-0.25, -0.2) is 14.8 Å². The lowest BCUT2D eigenvalue weighted by atomic mass is 10.1. The van der Waals surface area contributed by atoms with E-state index >= 15 is 0 Å². The Bertz CT molecular complexity index is 1320. The van der Waals surface area contributed by atoms with Crippen LogP contribution >= 0.6 is 34.8 Å². The first kappa shape index (κ1) is 22.7. The highest BCUT2D eigenvalue weighted by molar-refractivity contribution is 6.40. The van der Waals surface area contributed by atoms with Crippen LogP contribution in [-0.4, -0.2) is 34.8 Å². The summed E-state index contributed by atoms with van der Waals surface area (Å²) in [6.07, 6.45) is 5.79. The standard InChI is InChI=1S/C22H14Cl3N5O3/c1-33-22(32)17-7-11-4-5-12(28-21(31)18-14(23)9-26-10-15(18)24)8-16(11)29-20(30-17)13-3-2-6-27-19(13)25/h2-10H,1H3,(H,28,31)(H,29,30). The molecule has 2 aromatic heterocycles. The van der Waals surface area contributed by atoms with Crippen molar-refractivity contribution in [2.45, 2.75) is 0 Å². The summed E-state index contributed by atoms with van der Waals surface area (Å²) in [5.74, 6) is -0.813. The largest absolute Gasteiger partial charge is 0.464 e. The van der Waals surface area contributed by atoms with Crippen molar-refractivity contribution in [3.63, 3.8) is 0 Å². The summed E-state index contributed by atoms with van der Waals surface area (Å²) in [7, 11) is 1.28. The highest BCUT2D eigenvalue weighted by atomic mass is 35.5. The number of aromatic nitrogens is 2. The number of pyridine rings is 2. The summed E-state index contributed by atoms with van der Waals surface area (Å²) >= 11 is 18.4. The van der Waals surface area contributed by atoms with E-state index in [1.165, 1.54) is 25.7 Å². The number of esters is 1. The van der Waals surface area contributed by atoms with Crippen LogP contribution in [0.3, 0.4) is 0 Å². The van der Waals surface area contributed by atoms with Gasteiger partial charge in [0.25, 0.3) is 5.91 Å². The monoisotopic (exact) mass is 501 g/mol. The fraction of sp³-hybridized carbons (Fsp3) is 0.0455. The molecule has 3 aromatic rings. The van der Waals surface area contributed by atoms with Crippen LogP contribution in [0.25, 0.3) is 6.08 Å². The van der Waals surface area contributed by atoms with Gasteiger partial charge < -0.3 is 15.4 Å². The Kier molecular flexibility index (Phi) is 6.60. The normalized spacial score (nSPS) is 12.5. The lowest BCUT2D eigenvalue weighted by Gasteiger charge is -2.11. The fourth-order valence-electron chi connectivity index (χ4n) is 3.04. The highest BCUT2D eigenvalue weighted by Gasteiger charge is 2.21. The highest BCUT2D eigenvalue weighted by Crippen LogP contribution is 2.31. The molecule has 0 saturated heterocycles. The smallest absolute Gasteiger partial charge is 0.354 e. The van der Waals surface area contributed by atoms with Crippen LogP contribution < -0.4 is 10.6 Å². The Morgan fingerprint density at radius 1 is 1.09 bits per heavy atom. The van der Waals surface area contributed by atoms with Crippen LogP contribution in [0.2, 0.25) is 15.2 Å². The van der Waals surface area contributed by atoms with E-state index in [-0.39, 0.29) is 32.3 Å². The van der Waals surface area contributed by atoms with E-state index in [4.69, 9.17) is 39.5 Å². The molecule has 0 radical (unpaired) electrons. The molecule has 1 aliphatic rings. The minimum absolute atomic E-state index is 0.101. The van der Waals surface area contributed by atoms with Crippen molar-refractivity contribution in [2.75, 3.05) is 12.4 Å². The average Bonchev–Trinajstić information content (AvgIpc) is 2.98. The maximum Gasteiger partial charge on any atom is 0.354 e. The number of amidine groups is 1. The van der Waals surface area contributed by atoms with Gasteiger partial charge in [0.15, 0.2) is 0 Å². The number of nitrogens with zero attached hydrogens (tertiary/aromatic N) is 3. The molecule has 0 bridgehead atoms. The molecule has 1 aromatic carbocycles. The number of nitrogens with one attached hydrogen (secondary N) is 2. The van der Waals surface area contributed by atoms with Crippen molar-refractivity contribution < 1.29 is 14.3 Å². The van der Waals surface area contributed by atoms with Gasteiger partial charge in [0.05, 0.1) is 34.0 Å². The number of methoxy groups -OCH3 is 1. The van der Waals surface area contributed by atoms with Crippen molar-refractivity contribution in [2.24, 2.45) is 4.99 Å². The molecule has 8 nitrogen and oxygen atoms in total. The maximum absolute atomic E-state index is 12.7. The van der Waals surface area contributed by atoms with Gasteiger partial charge in [-0.15, -0.1) is 0 Å². The molecule has 1 aliphatic heterocycles. The number of anilines is 1. The van der Waals surface area contributed by atoms with Gasteiger partial charge in [-0.2, -0.15) is 0 Å². The van der Waals surface area contributed by atoms with Crippen molar-refractivity contribution in [3.05, 3.63) is 86.5 Å². The molecule has 0 spiro atoms. The Hall–Kier alpha value is -3.46. The molecular formula is C22H14Cl3N5O3. The van der Waals surface area contributed by atoms with Crippen molar-refractivity contribution in [1.29, 1.82) is 0 Å². The van der Waals surface area contributed by atoms with Crippen molar-refractivity contribution >= 4 is 70.0 Å². The second kappa shape index (κ2) is 9.58. The van der Waals surface area contributed by atoms with Crippen molar-refractivity contribution in [3.8, 4) is 0 Å². The zero-order valence-corrected chi connectivity index (χ0v) is 19.2. The summed E-state index contributed by atoms with van der Waals surface area (Å²) in [4.78, 5) is 37.6. The fourth-order valence-corrected chi connectivity index (χ4v) is 3.78. The van der Waals surface area contributed by atoms with E-state index in [0.29, 0.717) is 22.5 Å². The van der Waals surface area contributed by atoms with Crippen molar-refractivity contribution in [1.82, 2.24) is 15.3 Å². The van der Waals surface area contributed by atoms with Gasteiger partial charge in [0, 0.05) is 29.8 Å². The number of carbonyl (C=O) groups is 2. The zero-order chi connectivity index (χ0) is 23.5. The summed E-state index contributed by atoms with van der Waals surface area (Å²) in [6.45, 7) is 0. The van der Waals surface area contributed by atoms with Gasteiger partial charge in [-0.05, 0) is 30.3 Å². The maximum atomic E-state index is 12.7. The molecule has 4 rings (SSSR count). The van der Waals surface area contributed by atoms with E-state index in [0.717, 1.165) is 0 Å². The van der Waals surface area contributed by atoms with E-state index in [1.807, 2.05) is 0 Å². The third-order valence-electron chi connectivity index (χ3n) is 4.57. The number of fused-ring (bicyclic) bond motifs is 1. The number of benzene rings is 1. The summed E-state index contributed by atoms with van der Waals surface area (Å²) < 4.78 is 4.86. The molecule has 166 valence electrons. The minimum atomic E-state index is -0.588. The van der Waals surface area contributed by atoms with Crippen LogP contribution in [0, 0.1) is 0 Å². The summed E-state index contributed by atoms with van der Waals surface area (Å²) in [6, 6.07) is 8.39. The van der Waals surface area contributed by atoms with Gasteiger partial charge in [-0.3, -0.25) is 9.78 Å². The van der Waals surface area contributed by atoms with Crippen LogP contribution in [0.5, 0.6) is 0 Å². The second-order valence-corrected chi connectivity index (χ2v) is 7.86. The van der Waals surface area contributed by atoms with Crippen LogP contribution in [0.4, 0.5) is 11.4 Å². The number of amides is 1. The predicted molar refractivity (Wildman–Crippen MR) is 127 cm³/mol. The molecule has 2 N–H and O–H groups in total. The molecule has 0 aliphatic carbocycles. The molecule has 33 heavy (non-hydrogen) atoms. The molecule has 0 saturated carbocycles. The van der Waals surface area contributed by atoms with Crippen LogP contribution in [0.1, 0.15) is 21.5 Å². The first-order chi connectivity index (χ1) is 15.9. The Morgan fingerprint density at radius 2 is 1.85 bits per heavy atom. The Balaban J connectivity index is 1.76. The molecule has 11 heteroatoms. The third-order valence-corrected chi connectivity index (χ3v) is 5.45. The SMILES string of the molecule is COC(=O)C1=Cc2ccc(NC(=O)c3c(Cl)cncc3Cl)cc2N=C(c2cccnc2Cl)N1. The van der Waals surface area contributed by atoms with E-state index < -0.39 is 11.9 Å². The molecule has 3 heterocycles. The first-order valence-corrected chi connectivity index (χ1v) is 10.5. The summed E-state index contributed by atoms with van der Waals surface area (Å²) in [5, 5.41) is 6.14. The van der Waals surface area contributed by atoms with Crippen LogP contribution in [-0.2, 0) is 9.53 Å². The number of hydrogen-bond donors (Lipinski definition) is 2. The molecular weight excluding hydrogens is 489 g/mol. The van der Waals surface area contributed by atoms with Gasteiger partial charge in [0.1, 0.15) is 16.7 Å². The molecule has 1 amide bonds. The van der Waals surface area contributed by atoms with E-state index in [2.05, 4.69) is 25.6 Å². The van der Waals surface area contributed by atoms with Gasteiger partial charge in [0.2, 0.25) is 0 Å². The third kappa shape index (κ3) is 4.83. The quantitative estimate of drug-likeness (QED) is 0.389. The van der Waals surface area contributed by atoms with Gasteiger partial charge >= 0.3 is 5.97 Å². The minimum Gasteiger partial charge on any atom is -0.464 e.